The molecule has 1 saturated heterocycles. The molecule has 0 aliphatic carbocycles. The van der Waals surface area contributed by atoms with Gasteiger partial charge in [-0.05, 0) is 35.4 Å². The van der Waals surface area contributed by atoms with E-state index in [2.05, 4.69) is 20.8 Å². The summed E-state index contributed by atoms with van der Waals surface area (Å²) < 4.78 is 5.37. The Morgan fingerprint density at radius 2 is 1.70 bits per heavy atom. The number of aromatic nitrogens is 2. The Bertz CT molecular complexity index is 1310. The number of amides is 3. The van der Waals surface area contributed by atoms with Gasteiger partial charge in [-0.2, -0.15) is 4.98 Å². The monoisotopic (exact) mass is 400 g/mol. The Morgan fingerprint density at radius 1 is 1.00 bits per heavy atom. The highest BCUT2D eigenvalue weighted by Gasteiger charge is 2.43. The van der Waals surface area contributed by atoms with Crippen molar-refractivity contribution in [1.82, 2.24) is 20.8 Å². The number of aromatic hydroxyl groups is 1. The summed E-state index contributed by atoms with van der Waals surface area (Å²) >= 11 is 0. The van der Waals surface area contributed by atoms with E-state index < -0.39 is 17.5 Å². The van der Waals surface area contributed by atoms with Gasteiger partial charge in [0.05, 0.1) is 5.56 Å². The SMILES string of the molecule is CC1(c2ccc(-c3noc(-c4cc5ccccc5cc4O)n3)cc2)NC(=O)NC1=O. The van der Waals surface area contributed by atoms with Crippen molar-refractivity contribution in [1.29, 1.82) is 0 Å². The predicted octanol–water partition coefficient (Wildman–Crippen LogP) is 3.32. The largest absolute Gasteiger partial charge is 0.507 e. The quantitative estimate of drug-likeness (QED) is 0.454. The fourth-order valence-electron chi connectivity index (χ4n) is 3.55. The van der Waals surface area contributed by atoms with Crippen LogP contribution in [0.5, 0.6) is 5.75 Å². The van der Waals surface area contributed by atoms with Crippen LogP contribution in [0.15, 0.2) is 65.2 Å². The van der Waals surface area contributed by atoms with Gasteiger partial charge in [-0.1, -0.05) is 53.7 Å². The number of nitrogens with zero attached hydrogens (tertiary/aromatic N) is 2. The minimum Gasteiger partial charge on any atom is -0.507 e. The minimum absolute atomic E-state index is 0.0511. The van der Waals surface area contributed by atoms with Crippen LogP contribution in [-0.2, 0) is 10.3 Å². The molecule has 3 N–H and O–H groups in total. The smallest absolute Gasteiger partial charge is 0.322 e. The number of hydrogen-bond acceptors (Lipinski definition) is 6. The number of rotatable bonds is 3. The first-order valence-corrected chi connectivity index (χ1v) is 9.24. The molecule has 4 aromatic rings. The summed E-state index contributed by atoms with van der Waals surface area (Å²) in [7, 11) is 0. The fourth-order valence-corrected chi connectivity index (χ4v) is 3.55. The fraction of sp³-hybridized carbons (Fsp3) is 0.0909. The van der Waals surface area contributed by atoms with Crippen molar-refractivity contribution in [3.63, 3.8) is 0 Å². The van der Waals surface area contributed by atoms with Gasteiger partial charge in [-0.25, -0.2) is 4.79 Å². The second-order valence-electron chi connectivity index (χ2n) is 7.25. The standard InChI is InChI=1S/C22H16N4O4/c1-22(20(28)24-21(29)25-22)15-8-6-12(7-9-15)18-23-19(30-26-18)16-10-13-4-2-3-5-14(13)11-17(16)27/h2-11,27H,1H3,(H2,24,25,28,29). The molecule has 1 aromatic heterocycles. The Morgan fingerprint density at radius 3 is 2.37 bits per heavy atom. The third-order valence-electron chi connectivity index (χ3n) is 5.29. The van der Waals surface area contributed by atoms with E-state index in [-0.39, 0.29) is 11.6 Å². The van der Waals surface area contributed by atoms with Crippen LogP contribution in [0.25, 0.3) is 33.6 Å². The van der Waals surface area contributed by atoms with Gasteiger partial charge in [-0.15, -0.1) is 0 Å². The molecule has 0 radical (unpaired) electrons. The highest BCUT2D eigenvalue weighted by molar-refractivity contribution is 6.07. The van der Waals surface area contributed by atoms with Gasteiger partial charge in [0, 0.05) is 5.56 Å². The van der Waals surface area contributed by atoms with Gasteiger partial charge in [0.1, 0.15) is 11.3 Å². The molecule has 2 heterocycles. The predicted molar refractivity (Wildman–Crippen MR) is 108 cm³/mol. The van der Waals surface area contributed by atoms with Crippen molar-refractivity contribution in [3.05, 3.63) is 66.2 Å². The summed E-state index contributed by atoms with van der Waals surface area (Å²) in [5.74, 6) is 0.185. The first-order valence-electron chi connectivity index (χ1n) is 9.24. The summed E-state index contributed by atoms with van der Waals surface area (Å²) in [6.45, 7) is 1.64. The third-order valence-corrected chi connectivity index (χ3v) is 5.29. The molecule has 1 fully saturated rings. The normalized spacial score (nSPS) is 18.4. The van der Waals surface area contributed by atoms with Gasteiger partial charge >= 0.3 is 6.03 Å². The Balaban J connectivity index is 1.47. The Labute approximate surface area is 170 Å². The second-order valence-corrected chi connectivity index (χ2v) is 7.25. The molecule has 0 saturated carbocycles. The van der Waals surface area contributed by atoms with Crippen molar-refractivity contribution in [2.75, 3.05) is 0 Å². The van der Waals surface area contributed by atoms with Crippen LogP contribution in [0.4, 0.5) is 4.79 Å². The molecule has 30 heavy (non-hydrogen) atoms. The summed E-state index contributed by atoms with van der Waals surface area (Å²) in [5, 5.41) is 21.1. The van der Waals surface area contributed by atoms with Crippen molar-refractivity contribution in [2.24, 2.45) is 0 Å². The number of carbonyl (C=O) groups is 2. The molecular weight excluding hydrogens is 384 g/mol. The van der Waals surface area contributed by atoms with Crippen molar-refractivity contribution >= 4 is 22.7 Å². The van der Waals surface area contributed by atoms with E-state index in [4.69, 9.17) is 4.52 Å². The zero-order valence-electron chi connectivity index (χ0n) is 15.8. The molecular formula is C22H16N4O4. The number of urea groups is 1. The molecule has 0 bridgehead atoms. The molecule has 148 valence electrons. The van der Waals surface area contributed by atoms with Crippen LogP contribution in [0.3, 0.4) is 0 Å². The first-order chi connectivity index (χ1) is 14.4. The van der Waals surface area contributed by atoms with E-state index in [1.54, 1.807) is 43.3 Å². The van der Waals surface area contributed by atoms with E-state index in [0.717, 1.165) is 10.8 Å². The van der Waals surface area contributed by atoms with Crippen molar-refractivity contribution in [2.45, 2.75) is 12.5 Å². The van der Waals surface area contributed by atoms with E-state index in [9.17, 15) is 14.7 Å². The van der Waals surface area contributed by atoms with Gasteiger partial charge in [0.2, 0.25) is 5.82 Å². The number of fused-ring (bicyclic) bond motifs is 1. The lowest BCUT2D eigenvalue weighted by atomic mass is 9.91. The van der Waals surface area contributed by atoms with Gasteiger partial charge < -0.3 is 14.9 Å². The zero-order chi connectivity index (χ0) is 20.9. The maximum absolute atomic E-state index is 12.1. The summed E-state index contributed by atoms with van der Waals surface area (Å²) in [6.07, 6.45) is 0. The molecule has 1 unspecified atom stereocenters. The second kappa shape index (κ2) is 6.41. The molecule has 0 spiro atoms. The number of phenolic OH excluding ortho intramolecular Hbond substituents is 1. The van der Waals surface area contributed by atoms with Crippen LogP contribution in [0.2, 0.25) is 0 Å². The number of hydrogen-bond donors (Lipinski definition) is 3. The maximum atomic E-state index is 12.1. The van der Waals surface area contributed by atoms with Crippen LogP contribution in [0, 0.1) is 0 Å². The van der Waals surface area contributed by atoms with E-state index in [1.165, 1.54) is 0 Å². The number of benzene rings is 3. The lowest BCUT2D eigenvalue weighted by Gasteiger charge is -2.20. The number of nitrogens with one attached hydrogen (secondary N) is 2. The van der Waals surface area contributed by atoms with E-state index in [0.29, 0.717) is 22.5 Å². The highest BCUT2D eigenvalue weighted by Crippen LogP contribution is 2.34. The molecule has 3 aromatic carbocycles. The molecule has 5 rings (SSSR count). The topological polar surface area (TPSA) is 117 Å². The van der Waals surface area contributed by atoms with E-state index in [1.807, 2.05) is 24.3 Å². The van der Waals surface area contributed by atoms with Crippen molar-refractivity contribution < 1.29 is 19.2 Å². The average molecular weight is 400 g/mol. The highest BCUT2D eigenvalue weighted by atomic mass is 16.5. The lowest BCUT2D eigenvalue weighted by Crippen LogP contribution is -2.40. The van der Waals surface area contributed by atoms with Crippen LogP contribution in [0.1, 0.15) is 12.5 Å². The third kappa shape index (κ3) is 2.77. The zero-order valence-corrected chi connectivity index (χ0v) is 15.8. The summed E-state index contributed by atoms with van der Waals surface area (Å²) in [5.41, 5.74) is 0.615. The van der Waals surface area contributed by atoms with Crippen molar-refractivity contribution in [3.8, 4) is 28.6 Å². The summed E-state index contributed by atoms with van der Waals surface area (Å²) in [6, 6.07) is 17.5. The Kier molecular flexibility index (Phi) is 3.82. The minimum atomic E-state index is -1.13. The molecule has 1 aliphatic rings. The van der Waals surface area contributed by atoms with Gasteiger partial charge in [0.25, 0.3) is 11.8 Å². The van der Waals surface area contributed by atoms with Gasteiger partial charge in [-0.3, -0.25) is 10.1 Å². The molecule has 8 heteroatoms. The maximum Gasteiger partial charge on any atom is 0.322 e. The van der Waals surface area contributed by atoms with E-state index >= 15 is 0 Å². The molecule has 3 amide bonds. The molecule has 8 nitrogen and oxygen atoms in total. The molecule has 1 atom stereocenters. The summed E-state index contributed by atoms with van der Waals surface area (Å²) in [4.78, 5) is 28.0. The average Bonchev–Trinajstić information content (AvgIpc) is 3.32. The van der Waals surface area contributed by atoms with Gasteiger partial charge in [0.15, 0.2) is 0 Å². The molecule has 1 aliphatic heterocycles. The number of imide groups is 1. The van der Waals surface area contributed by atoms with Crippen LogP contribution < -0.4 is 10.6 Å². The number of phenols is 1. The Hall–Kier alpha value is -4.20. The number of carbonyl (C=O) groups excluding carboxylic acids is 2. The van der Waals surface area contributed by atoms with Crippen LogP contribution >= 0.6 is 0 Å². The lowest BCUT2D eigenvalue weighted by molar-refractivity contribution is -0.123. The van der Waals surface area contributed by atoms with Crippen LogP contribution in [-0.4, -0.2) is 27.2 Å². The first kappa shape index (κ1) is 17.9.